The molecule has 1 unspecified atom stereocenters. The van der Waals surface area contributed by atoms with Crippen molar-refractivity contribution in [2.75, 3.05) is 0 Å². The molecule has 0 aliphatic rings. The highest BCUT2D eigenvalue weighted by atomic mass is 16.4. The number of carboxylic acid groups (broad SMARTS) is 1. The van der Waals surface area contributed by atoms with Gasteiger partial charge in [-0.1, -0.05) is 25.0 Å². The summed E-state index contributed by atoms with van der Waals surface area (Å²) < 4.78 is 0. The Morgan fingerprint density at radius 3 is 2.53 bits per heavy atom. The van der Waals surface area contributed by atoms with Crippen molar-refractivity contribution >= 4 is 5.97 Å². The number of benzene rings is 1. The van der Waals surface area contributed by atoms with Crippen LogP contribution in [0.2, 0.25) is 0 Å². The molecule has 0 saturated carbocycles. The van der Waals surface area contributed by atoms with E-state index >= 15 is 0 Å². The Hall–Kier alpha value is -1.75. The molecule has 0 bridgehead atoms. The molecule has 0 spiro atoms. The van der Waals surface area contributed by atoms with Crippen molar-refractivity contribution in [2.24, 2.45) is 5.92 Å². The summed E-state index contributed by atoms with van der Waals surface area (Å²) in [5.41, 5.74) is 1.98. The molecular formula is C13H14O2. The van der Waals surface area contributed by atoms with Crippen molar-refractivity contribution in [3.63, 3.8) is 0 Å². The third-order valence-corrected chi connectivity index (χ3v) is 2.41. The maximum Gasteiger partial charge on any atom is 0.306 e. The van der Waals surface area contributed by atoms with E-state index in [9.17, 15) is 4.79 Å². The van der Waals surface area contributed by atoms with Gasteiger partial charge >= 0.3 is 5.97 Å². The molecule has 1 atom stereocenters. The van der Waals surface area contributed by atoms with Crippen LogP contribution >= 0.6 is 0 Å². The third-order valence-electron chi connectivity index (χ3n) is 2.41. The van der Waals surface area contributed by atoms with Crippen LogP contribution in [0.1, 0.15) is 24.5 Å². The lowest BCUT2D eigenvalue weighted by Gasteiger charge is -2.05. The average Bonchev–Trinajstić information content (AvgIpc) is 2.26. The van der Waals surface area contributed by atoms with Gasteiger partial charge in [0.15, 0.2) is 0 Å². The van der Waals surface area contributed by atoms with Crippen LogP contribution in [0.3, 0.4) is 0 Å². The minimum Gasteiger partial charge on any atom is -0.481 e. The summed E-state index contributed by atoms with van der Waals surface area (Å²) in [5, 5.41) is 8.72. The van der Waals surface area contributed by atoms with E-state index in [0.29, 0.717) is 6.42 Å². The molecule has 15 heavy (non-hydrogen) atoms. The van der Waals surface area contributed by atoms with Crippen LogP contribution in [0, 0.1) is 18.3 Å². The number of terminal acetylenes is 1. The van der Waals surface area contributed by atoms with Gasteiger partial charge in [0, 0.05) is 5.56 Å². The SMILES string of the molecule is C#Cc1ccc(CCC(C)C(=O)O)cc1. The van der Waals surface area contributed by atoms with E-state index in [1.54, 1.807) is 6.92 Å². The standard InChI is InChI=1S/C13H14O2/c1-3-11-6-8-12(9-7-11)5-4-10(2)13(14)15/h1,6-10H,4-5H2,2H3,(H,14,15). The van der Waals surface area contributed by atoms with Gasteiger partial charge in [-0.3, -0.25) is 4.79 Å². The molecule has 0 saturated heterocycles. The fourth-order valence-corrected chi connectivity index (χ4v) is 1.27. The number of aliphatic carboxylic acids is 1. The zero-order valence-corrected chi connectivity index (χ0v) is 8.73. The normalized spacial score (nSPS) is 11.7. The first-order valence-corrected chi connectivity index (χ1v) is 4.92. The molecular weight excluding hydrogens is 188 g/mol. The summed E-state index contributed by atoms with van der Waals surface area (Å²) in [6.45, 7) is 1.72. The Kier molecular flexibility index (Phi) is 3.93. The molecule has 0 aliphatic heterocycles. The summed E-state index contributed by atoms with van der Waals surface area (Å²) in [7, 11) is 0. The van der Waals surface area contributed by atoms with Gasteiger partial charge in [-0.05, 0) is 30.5 Å². The number of aryl methyl sites for hydroxylation is 1. The Balaban J connectivity index is 2.52. The number of hydrogen-bond acceptors (Lipinski definition) is 1. The molecule has 1 aromatic carbocycles. The smallest absolute Gasteiger partial charge is 0.306 e. The Bertz CT molecular complexity index is 371. The quantitative estimate of drug-likeness (QED) is 0.761. The van der Waals surface area contributed by atoms with E-state index in [1.807, 2.05) is 24.3 Å². The van der Waals surface area contributed by atoms with Crippen molar-refractivity contribution in [2.45, 2.75) is 19.8 Å². The minimum absolute atomic E-state index is 0.294. The van der Waals surface area contributed by atoms with E-state index in [2.05, 4.69) is 5.92 Å². The van der Waals surface area contributed by atoms with E-state index in [4.69, 9.17) is 11.5 Å². The van der Waals surface area contributed by atoms with Crippen LogP contribution in [0.15, 0.2) is 24.3 Å². The summed E-state index contributed by atoms with van der Waals surface area (Å²) in [6.07, 6.45) is 6.67. The third kappa shape index (κ3) is 3.47. The lowest BCUT2D eigenvalue weighted by molar-refractivity contribution is -0.141. The van der Waals surface area contributed by atoms with E-state index in [1.165, 1.54) is 0 Å². The average molecular weight is 202 g/mol. The largest absolute Gasteiger partial charge is 0.481 e. The predicted octanol–water partition coefficient (Wildman–Crippen LogP) is 2.32. The van der Waals surface area contributed by atoms with Gasteiger partial charge in [-0.2, -0.15) is 0 Å². The molecule has 0 heterocycles. The highest BCUT2D eigenvalue weighted by Gasteiger charge is 2.10. The monoisotopic (exact) mass is 202 g/mol. The molecule has 78 valence electrons. The molecule has 2 heteroatoms. The number of carboxylic acids is 1. The van der Waals surface area contributed by atoms with Crippen LogP contribution < -0.4 is 0 Å². The summed E-state index contributed by atoms with van der Waals surface area (Å²) in [6, 6.07) is 7.65. The van der Waals surface area contributed by atoms with E-state index < -0.39 is 5.97 Å². The van der Waals surface area contributed by atoms with Crippen molar-refractivity contribution in [3.8, 4) is 12.3 Å². The maximum atomic E-state index is 10.6. The van der Waals surface area contributed by atoms with Crippen molar-refractivity contribution < 1.29 is 9.90 Å². The van der Waals surface area contributed by atoms with E-state index in [-0.39, 0.29) is 5.92 Å². The molecule has 0 aliphatic carbocycles. The molecule has 1 rings (SSSR count). The summed E-state index contributed by atoms with van der Waals surface area (Å²) >= 11 is 0. The van der Waals surface area contributed by atoms with Crippen molar-refractivity contribution in [1.29, 1.82) is 0 Å². The highest BCUT2D eigenvalue weighted by Crippen LogP contribution is 2.10. The van der Waals surface area contributed by atoms with Crippen molar-refractivity contribution in [1.82, 2.24) is 0 Å². The molecule has 2 nitrogen and oxygen atoms in total. The molecule has 0 fully saturated rings. The first kappa shape index (κ1) is 11.3. The minimum atomic E-state index is -0.741. The van der Waals surface area contributed by atoms with Crippen LogP contribution in [-0.4, -0.2) is 11.1 Å². The van der Waals surface area contributed by atoms with Gasteiger partial charge in [0.2, 0.25) is 0 Å². The molecule has 1 N–H and O–H groups in total. The Labute approximate surface area is 89.9 Å². The zero-order valence-electron chi connectivity index (χ0n) is 8.73. The zero-order chi connectivity index (χ0) is 11.3. The van der Waals surface area contributed by atoms with Gasteiger partial charge in [0.1, 0.15) is 0 Å². The second-order valence-corrected chi connectivity index (χ2v) is 3.62. The molecule has 1 aromatic rings. The maximum absolute atomic E-state index is 10.6. The lowest BCUT2D eigenvalue weighted by atomic mass is 10.0. The fraction of sp³-hybridized carbons (Fsp3) is 0.308. The first-order valence-electron chi connectivity index (χ1n) is 4.92. The Morgan fingerprint density at radius 1 is 1.47 bits per heavy atom. The number of hydrogen-bond donors (Lipinski definition) is 1. The second kappa shape index (κ2) is 5.21. The predicted molar refractivity (Wildman–Crippen MR) is 59.5 cm³/mol. The Morgan fingerprint density at radius 2 is 2.07 bits per heavy atom. The van der Waals surface area contributed by atoms with Crippen LogP contribution in [0.25, 0.3) is 0 Å². The van der Waals surface area contributed by atoms with Crippen LogP contribution in [0.5, 0.6) is 0 Å². The molecule has 0 aromatic heterocycles. The van der Waals surface area contributed by atoms with E-state index in [0.717, 1.165) is 17.5 Å². The molecule has 0 amide bonds. The fourth-order valence-electron chi connectivity index (χ4n) is 1.27. The van der Waals surface area contributed by atoms with Crippen LogP contribution in [0.4, 0.5) is 0 Å². The number of rotatable bonds is 4. The van der Waals surface area contributed by atoms with Gasteiger partial charge in [-0.25, -0.2) is 0 Å². The lowest BCUT2D eigenvalue weighted by Crippen LogP contribution is -2.10. The molecule has 0 radical (unpaired) electrons. The second-order valence-electron chi connectivity index (χ2n) is 3.62. The van der Waals surface area contributed by atoms with Gasteiger partial charge in [0.25, 0.3) is 0 Å². The van der Waals surface area contributed by atoms with Gasteiger partial charge in [0.05, 0.1) is 5.92 Å². The van der Waals surface area contributed by atoms with Gasteiger partial charge < -0.3 is 5.11 Å². The first-order chi connectivity index (χ1) is 7.13. The van der Waals surface area contributed by atoms with Crippen molar-refractivity contribution in [3.05, 3.63) is 35.4 Å². The van der Waals surface area contributed by atoms with Gasteiger partial charge in [-0.15, -0.1) is 6.42 Å². The topological polar surface area (TPSA) is 37.3 Å². The summed E-state index contributed by atoms with van der Waals surface area (Å²) in [4.78, 5) is 10.6. The number of carbonyl (C=O) groups is 1. The summed E-state index contributed by atoms with van der Waals surface area (Å²) in [5.74, 6) is 1.51. The highest BCUT2D eigenvalue weighted by molar-refractivity contribution is 5.69. The van der Waals surface area contributed by atoms with Crippen LogP contribution in [-0.2, 0) is 11.2 Å².